The molecule has 10 heteroatoms. The number of piperidine rings is 1. The van der Waals surface area contributed by atoms with Crippen LogP contribution in [-0.4, -0.2) is 110 Å². The third-order valence-electron chi connectivity index (χ3n) is 8.31. The Bertz CT molecular complexity index is 1130. The maximum atomic E-state index is 12.6. The second-order valence-electron chi connectivity index (χ2n) is 11.4. The van der Waals surface area contributed by atoms with E-state index in [1.54, 1.807) is 26.2 Å². The lowest BCUT2D eigenvalue weighted by atomic mass is 9.85. The zero-order valence-corrected chi connectivity index (χ0v) is 26.9. The number of ether oxygens (including phenoxy) is 6. The second kappa shape index (κ2) is 18.3. The number of nitrogens with zero attached hydrogens (tertiary/aromatic N) is 2. The van der Waals surface area contributed by atoms with Gasteiger partial charge in [0.05, 0.1) is 37.7 Å². The molecule has 0 spiro atoms. The van der Waals surface area contributed by atoms with Gasteiger partial charge in [-0.1, -0.05) is 30.3 Å². The molecule has 0 bridgehead atoms. The number of anilines is 1. The van der Waals surface area contributed by atoms with Crippen LogP contribution in [0.4, 0.5) is 5.69 Å². The largest absolute Gasteiger partial charge is 0.490 e. The molecule has 1 N–H and O–H groups in total. The average Bonchev–Trinajstić information content (AvgIpc) is 3.06. The summed E-state index contributed by atoms with van der Waals surface area (Å²) in [4.78, 5) is 16.6. The molecule has 0 aromatic heterocycles. The number of likely N-dealkylation sites (N-methyl/N-ethyl adjacent to an activating group) is 1. The van der Waals surface area contributed by atoms with E-state index < -0.39 is 0 Å². The Kier molecular flexibility index (Phi) is 14.2. The molecule has 1 unspecified atom stereocenters. The molecule has 2 aliphatic heterocycles. The van der Waals surface area contributed by atoms with E-state index in [-0.39, 0.29) is 30.6 Å². The molecule has 2 aliphatic rings. The van der Waals surface area contributed by atoms with Gasteiger partial charge in [0.1, 0.15) is 19.0 Å². The van der Waals surface area contributed by atoms with Crippen molar-refractivity contribution >= 4 is 11.6 Å². The summed E-state index contributed by atoms with van der Waals surface area (Å²) in [6.07, 6.45) is 1.47. The van der Waals surface area contributed by atoms with Gasteiger partial charge in [-0.2, -0.15) is 0 Å². The molecule has 4 rings (SSSR count). The van der Waals surface area contributed by atoms with Crippen LogP contribution in [0.1, 0.15) is 42.4 Å². The number of carbonyl (C=O) groups excluding carboxylic acids is 1. The molecule has 244 valence electrons. The van der Waals surface area contributed by atoms with E-state index in [9.17, 15) is 4.79 Å². The van der Waals surface area contributed by atoms with E-state index in [0.717, 1.165) is 60.7 Å². The van der Waals surface area contributed by atoms with Crippen molar-refractivity contribution in [2.45, 2.75) is 51.1 Å². The minimum absolute atomic E-state index is 0.0263. The van der Waals surface area contributed by atoms with Gasteiger partial charge in [0.2, 0.25) is 5.91 Å². The third kappa shape index (κ3) is 9.89. The topological polar surface area (TPSA) is 91.0 Å². The maximum Gasteiger partial charge on any atom is 0.248 e. The van der Waals surface area contributed by atoms with Crippen LogP contribution in [0, 0.1) is 0 Å². The quantitative estimate of drug-likeness (QED) is 0.253. The predicted molar refractivity (Wildman–Crippen MR) is 170 cm³/mol. The first-order valence-electron chi connectivity index (χ1n) is 15.9. The van der Waals surface area contributed by atoms with Crippen LogP contribution in [0.2, 0.25) is 0 Å². The summed E-state index contributed by atoms with van der Waals surface area (Å²) in [6.45, 7) is 9.53. The van der Waals surface area contributed by atoms with Crippen LogP contribution in [0.5, 0.6) is 5.75 Å². The number of nitrogens with one attached hydrogen (secondary N) is 1. The van der Waals surface area contributed by atoms with E-state index in [2.05, 4.69) is 46.6 Å². The number of hydrogen-bond acceptors (Lipinski definition) is 9. The van der Waals surface area contributed by atoms with Gasteiger partial charge in [0.25, 0.3) is 0 Å². The highest BCUT2D eigenvalue weighted by atomic mass is 16.5. The van der Waals surface area contributed by atoms with Crippen LogP contribution < -0.4 is 15.0 Å². The first-order chi connectivity index (χ1) is 21.5. The number of fused-ring (bicyclic) bond motifs is 1. The number of benzene rings is 2. The zero-order chi connectivity index (χ0) is 31.1. The molecule has 2 aromatic carbocycles. The Balaban J connectivity index is 1.46. The van der Waals surface area contributed by atoms with Crippen LogP contribution in [0.15, 0.2) is 42.5 Å². The van der Waals surface area contributed by atoms with E-state index in [4.69, 9.17) is 28.4 Å². The van der Waals surface area contributed by atoms with Crippen LogP contribution >= 0.6 is 0 Å². The third-order valence-corrected chi connectivity index (χ3v) is 8.31. The molecule has 0 saturated carbocycles. The average molecular weight is 614 g/mol. The fourth-order valence-electron chi connectivity index (χ4n) is 5.66. The van der Waals surface area contributed by atoms with Gasteiger partial charge >= 0.3 is 0 Å². The molecule has 3 atom stereocenters. The fourth-order valence-corrected chi connectivity index (χ4v) is 5.66. The Morgan fingerprint density at radius 1 is 0.955 bits per heavy atom. The Hall–Kier alpha value is -2.73. The SMILES string of the molecule is CCN(C)C(=O)CO[C@@H]1CNC[C@H](OCc2ccc3c(c2)N(CCCOC)CCO3)C1c1ccc(COCCCOC)cc1. The second-order valence-corrected chi connectivity index (χ2v) is 11.4. The first kappa shape index (κ1) is 34.1. The molecule has 1 saturated heterocycles. The lowest BCUT2D eigenvalue weighted by molar-refractivity contribution is -0.139. The maximum absolute atomic E-state index is 12.6. The summed E-state index contributed by atoms with van der Waals surface area (Å²) >= 11 is 0. The summed E-state index contributed by atoms with van der Waals surface area (Å²) in [6, 6.07) is 14.8. The van der Waals surface area contributed by atoms with Crippen LogP contribution in [0.25, 0.3) is 0 Å². The van der Waals surface area contributed by atoms with Crippen molar-refractivity contribution in [3.8, 4) is 5.75 Å². The minimum atomic E-state index is -0.215. The van der Waals surface area contributed by atoms with Gasteiger partial charge in [0.15, 0.2) is 0 Å². The van der Waals surface area contributed by atoms with Crippen molar-refractivity contribution in [1.82, 2.24) is 10.2 Å². The lowest BCUT2D eigenvalue weighted by Crippen LogP contribution is -2.51. The Morgan fingerprint density at radius 2 is 1.68 bits per heavy atom. The standard InChI is InChI=1S/C34H51N3O7/c1-5-36(2)33(38)25-44-32-22-35-21-31(34(32)28-11-8-26(9-12-28)23-41-18-7-17-40-4)43-24-27-10-13-30-29(20-27)37(15-19-42-30)14-6-16-39-3/h8-13,20,31-32,34-35H,5-7,14-19,21-25H2,1-4H3/t31-,32+,34?/m0/s1. The van der Waals surface area contributed by atoms with Gasteiger partial charge in [-0.05, 0) is 48.6 Å². The van der Waals surface area contributed by atoms with E-state index in [0.29, 0.717) is 52.7 Å². The van der Waals surface area contributed by atoms with E-state index in [1.165, 1.54) is 0 Å². The monoisotopic (exact) mass is 613 g/mol. The normalized spacial score (nSPS) is 19.8. The van der Waals surface area contributed by atoms with Crippen molar-refractivity contribution in [3.63, 3.8) is 0 Å². The number of hydrogen-bond donors (Lipinski definition) is 1. The predicted octanol–water partition coefficient (Wildman–Crippen LogP) is 3.61. The Labute approximate surface area is 262 Å². The fraction of sp³-hybridized carbons (Fsp3) is 0.618. The van der Waals surface area contributed by atoms with E-state index in [1.807, 2.05) is 13.0 Å². The highest BCUT2D eigenvalue weighted by molar-refractivity contribution is 5.77. The summed E-state index contributed by atoms with van der Waals surface area (Å²) in [5.41, 5.74) is 4.44. The van der Waals surface area contributed by atoms with Gasteiger partial charge in [-0.25, -0.2) is 0 Å². The molecule has 2 heterocycles. The number of methoxy groups -OCH3 is 2. The van der Waals surface area contributed by atoms with E-state index >= 15 is 0 Å². The molecule has 0 radical (unpaired) electrons. The molecular weight excluding hydrogens is 562 g/mol. The van der Waals surface area contributed by atoms with Gasteiger partial charge in [0, 0.05) is 73.2 Å². The van der Waals surface area contributed by atoms with Crippen molar-refractivity contribution in [2.75, 3.05) is 91.9 Å². The number of amides is 1. The van der Waals surface area contributed by atoms with Crippen molar-refractivity contribution in [2.24, 2.45) is 0 Å². The van der Waals surface area contributed by atoms with Crippen LogP contribution in [-0.2, 0) is 41.7 Å². The van der Waals surface area contributed by atoms with Crippen molar-refractivity contribution in [1.29, 1.82) is 0 Å². The molecule has 10 nitrogen and oxygen atoms in total. The van der Waals surface area contributed by atoms with Gasteiger partial charge in [-0.15, -0.1) is 0 Å². The van der Waals surface area contributed by atoms with Crippen LogP contribution in [0.3, 0.4) is 0 Å². The minimum Gasteiger partial charge on any atom is -0.490 e. The number of carbonyl (C=O) groups is 1. The molecule has 1 fully saturated rings. The molecule has 2 aromatic rings. The summed E-state index contributed by atoms with van der Waals surface area (Å²) in [5.74, 6) is 0.841. The smallest absolute Gasteiger partial charge is 0.248 e. The van der Waals surface area contributed by atoms with Gasteiger partial charge in [-0.3, -0.25) is 4.79 Å². The zero-order valence-electron chi connectivity index (χ0n) is 26.9. The molecular formula is C34H51N3O7. The molecule has 44 heavy (non-hydrogen) atoms. The van der Waals surface area contributed by atoms with Crippen molar-refractivity contribution in [3.05, 3.63) is 59.2 Å². The summed E-state index contributed by atoms with van der Waals surface area (Å²) in [5, 5.41) is 3.48. The highest BCUT2D eigenvalue weighted by Gasteiger charge is 2.36. The number of rotatable bonds is 18. The first-order valence-corrected chi connectivity index (χ1v) is 15.9. The molecule has 1 amide bonds. The summed E-state index contributed by atoms with van der Waals surface area (Å²) < 4.78 is 35.0. The summed E-state index contributed by atoms with van der Waals surface area (Å²) in [7, 11) is 5.24. The van der Waals surface area contributed by atoms with Gasteiger partial charge < -0.3 is 43.5 Å². The highest BCUT2D eigenvalue weighted by Crippen LogP contribution is 2.34. The Morgan fingerprint density at radius 3 is 2.43 bits per heavy atom. The van der Waals surface area contributed by atoms with Crippen molar-refractivity contribution < 1.29 is 33.2 Å². The molecule has 0 aliphatic carbocycles. The lowest BCUT2D eigenvalue weighted by Gasteiger charge is -2.39.